The number of fused-ring (bicyclic) bond motifs is 1. The Morgan fingerprint density at radius 1 is 1.12 bits per heavy atom. The minimum Gasteiger partial charge on any atom is -0.312 e. The molecule has 2 amide bonds. The molecule has 122 valence electrons. The van der Waals surface area contributed by atoms with Crippen molar-refractivity contribution in [3.63, 3.8) is 0 Å². The van der Waals surface area contributed by atoms with Crippen LogP contribution < -0.4 is 5.32 Å². The van der Waals surface area contributed by atoms with E-state index in [9.17, 15) is 9.18 Å². The maximum absolute atomic E-state index is 13.0. The van der Waals surface area contributed by atoms with Crippen LogP contribution in [0.25, 0.3) is 0 Å². The molecule has 0 spiro atoms. The highest BCUT2D eigenvalue weighted by Crippen LogP contribution is 2.39. The first kappa shape index (κ1) is 15.4. The minimum absolute atomic E-state index is 0.0551. The molecule has 4 rings (SSSR count). The molecule has 1 N–H and O–H groups in total. The number of hydrogen-bond acceptors (Lipinski definition) is 3. The normalized spacial score (nSPS) is 16.7. The molecule has 3 aromatic rings. The fourth-order valence-electron chi connectivity index (χ4n) is 3.02. The molecule has 1 aliphatic rings. The topological polar surface area (TPSA) is 32.3 Å². The summed E-state index contributed by atoms with van der Waals surface area (Å²) in [5, 5.41) is 7.01. The van der Waals surface area contributed by atoms with Crippen LogP contribution >= 0.6 is 22.7 Å². The number of nitrogens with zero attached hydrogens (tertiary/aromatic N) is 1. The van der Waals surface area contributed by atoms with Gasteiger partial charge in [0, 0.05) is 22.0 Å². The zero-order valence-electron chi connectivity index (χ0n) is 12.7. The van der Waals surface area contributed by atoms with E-state index in [1.54, 1.807) is 34.8 Å². The van der Waals surface area contributed by atoms with E-state index in [4.69, 9.17) is 0 Å². The molecule has 0 saturated carbocycles. The molecule has 3 heterocycles. The van der Waals surface area contributed by atoms with Crippen LogP contribution in [0.4, 0.5) is 14.9 Å². The van der Waals surface area contributed by atoms with E-state index in [0.29, 0.717) is 12.2 Å². The van der Waals surface area contributed by atoms with E-state index in [1.807, 2.05) is 16.3 Å². The Bertz CT molecular complexity index is 842. The summed E-state index contributed by atoms with van der Waals surface area (Å²) in [5.41, 5.74) is 1.81. The molecule has 3 nitrogen and oxygen atoms in total. The number of thiophene rings is 2. The molecule has 24 heavy (non-hydrogen) atoms. The molecule has 0 radical (unpaired) electrons. The first-order valence-electron chi connectivity index (χ1n) is 7.65. The van der Waals surface area contributed by atoms with Gasteiger partial charge in [-0.05, 0) is 59.1 Å². The summed E-state index contributed by atoms with van der Waals surface area (Å²) >= 11 is 3.41. The monoisotopic (exact) mass is 358 g/mol. The van der Waals surface area contributed by atoms with Gasteiger partial charge in [-0.25, -0.2) is 9.18 Å². The van der Waals surface area contributed by atoms with Crippen LogP contribution in [0.2, 0.25) is 0 Å². The molecule has 0 aliphatic carbocycles. The van der Waals surface area contributed by atoms with Crippen molar-refractivity contribution in [2.75, 3.05) is 11.9 Å². The molecule has 1 unspecified atom stereocenters. The van der Waals surface area contributed by atoms with Crippen LogP contribution in [-0.2, 0) is 6.42 Å². The number of amides is 2. The number of rotatable bonds is 2. The van der Waals surface area contributed by atoms with E-state index in [1.165, 1.54) is 22.6 Å². The standard InChI is InChI=1S/C18H15FN2OS2/c19-12-3-5-13(6-4-12)20-18(22)21-9-7-15-14(8-11-24-15)17(21)16-2-1-10-23-16/h1-6,8,10-11,17H,7,9H2,(H,20,22). The van der Waals surface area contributed by atoms with Crippen molar-refractivity contribution in [1.82, 2.24) is 4.90 Å². The van der Waals surface area contributed by atoms with Crippen LogP contribution in [0, 0.1) is 5.82 Å². The Kier molecular flexibility index (Phi) is 4.08. The summed E-state index contributed by atoms with van der Waals surface area (Å²) < 4.78 is 13.0. The molecular formula is C18H15FN2OS2. The number of nitrogens with one attached hydrogen (secondary N) is 1. The zero-order valence-corrected chi connectivity index (χ0v) is 14.4. The number of carbonyl (C=O) groups is 1. The number of halogens is 1. The van der Waals surface area contributed by atoms with Crippen LogP contribution in [0.5, 0.6) is 0 Å². The van der Waals surface area contributed by atoms with Crippen molar-refractivity contribution in [1.29, 1.82) is 0 Å². The van der Waals surface area contributed by atoms with Crippen molar-refractivity contribution in [2.45, 2.75) is 12.5 Å². The molecule has 0 bridgehead atoms. The average molecular weight is 358 g/mol. The molecule has 0 fully saturated rings. The van der Waals surface area contributed by atoms with E-state index in [-0.39, 0.29) is 17.9 Å². The lowest BCUT2D eigenvalue weighted by Crippen LogP contribution is -2.42. The predicted octanol–water partition coefficient (Wildman–Crippen LogP) is 5.13. The Labute approximate surface area is 147 Å². The molecule has 6 heteroatoms. The molecule has 1 aromatic carbocycles. The Balaban J connectivity index is 1.63. The number of urea groups is 1. The van der Waals surface area contributed by atoms with Gasteiger partial charge in [0.25, 0.3) is 0 Å². The molecule has 1 atom stereocenters. The summed E-state index contributed by atoms with van der Waals surface area (Å²) in [5.74, 6) is -0.314. The molecular weight excluding hydrogens is 343 g/mol. The third kappa shape index (κ3) is 2.83. The van der Waals surface area contributed by atoms with E-state index in [2.05, 4.69) is 22.8 Å². The fourth-order valence-corrected chi connectivity index (χ4v) is 4.78. The van der Waals surface area contributed by atoms with E-state index < -0.39 is 0 Å². The van der Waals surface area contributed by atoms with Crippen molar-refractivity contribution in [2.24, 2.45) is 0 Å². The SMILES string of the molecule is O=C(Nc1ccc(F)cc1)N1CCc2sccc2C1c1cccs1. The largest absolute Gasteiger partial charge is 0.322 e. The van der Waals surface area contributed by atoms with Crippen LogP contribution in [0.3, 0.4) is 0 Å². The minimum atomic E-state index is -0.314. The summed E-state index contributed by atoms with van der Waals surface area (Å²) in [6.07, 6.45) is 0.867. The molecule has 2 aromatic heterocycles. The highest BCUT2D eigenvalue weighted by Gasteiger charge is 2.33. The fraction of sp³-hybridized carbons (Fsp3) is 0.167. The van der Waals surface area contributed by atoms with E-state index in [0.717, 1.165) is 11.3 Å². The highest BCUT2D eigenvalue weighted by atomic mass is 32.1. The van der Waals surface area contributed by atoms with Gasteiger partial charge < -0.3 is 10.2 Å². The Morgan fingerprint density at radius 2 is 1.96 bits per heavy atom. The quantitative estimate of drug-likeness (QED) is 0.677. The summed E-state index contributed by atoms with van der Waals surface area (Å²) in [7, 11) is 0. The van der Waals surface area contributed by atoms with Gasteiger partial charge in [-0.3, -0.25) is 0 Å². The van der Waals surface area contributed by atoms with Crippen molar-refractivity contribution in [3.05, 3.63) is 74.4 Å². The van der Waals surface area contributed by atoms with Crippen molar-refractivity contribution >= 4 is 34.4 Å². The predicted molar refractivity (Wildman–Crippen MR) is 96.3 cm³/mol. The van der Waals surface area contributed by atoms with E-state index >= 15 is 0 Å². The zero-order chi connectivity index (χ0) is 16.5. The first-order chi connectivity index (χ1) is 11.7. The summed E-state index contributed by atoms with van der Waals surface area (Å²) in [6, 6.07) is 11.8. The van der Waals surface area contributed by atoms with Gasteiger partial charge >= 0.3 is 6.03 Å². The van der Waals surface area contributed by atoms with Crippen LogP contribution in [-0.4, -0.2) is 17.5 Å². The van der Waals surface area contributed by atoms with Crippen LogP contribution in [0.15, 0.2) is 53.2 Å². The van der Waals surface area contributed by atoms with Gasteiger partial charge in [-0.2, -0.15) is 0 Å². The van der Waals surface area contributed by atoms with Gasteiger partial charge in [-0.1, -0.05) is 6.07 Å². The lowest BCUT2D eigenvalue weighted by atomic mass is 9.99. The lowest BCUT2D eigenvalue weighted by molar-refractivity contribution is 0.195. The Hall–Kier alpha value is -2.18. The second kappa shape index (κ2) is 6.37. The first-order valence-corrected chi connectivity index (χ1v) is 9.41. The lowest BCUT2D eigenvalue weighted by Gasteiger charge is -2.35. The third-order valence-electron chi connectivity index (χ3n) is 4.13. The molecule has 1 aliphatic heterocycles. The van der Waals surface area contributed by atoms with Gasteiger partial charge in [-0.15, -0.1) is 22.7 Å². The van der Waals surface area contributed by atoms with Gasteiger partial charge in [0.15, 0.2) is 0 Å². The smallest absolute Gasteiger partial charge is 0.312 e. The second-order valence-corrected chi connectivity index (χ2v) is 7.58. The summed E-state index contributed by atoms with van der Waals surface area (Å²) in [6.45, 7) is 0.670. The third-order valence-corrected chi connectivity index (χ3v) is 6.06. The number of carbonyl (C=O) groups excluding carboxylic acids is 1. The highest BCUT2D eigenvalue weighted by molar-refractivity contribution is 7.10. The van der Waals surface area contributed by atoms with Crippen LogP contribution in [0.1, 0.15) is 21.4 Å². The number of benzene rings is 1. The average Bonchev–Trinajstić information content (AvgIpc) is 3.27. The molecule has 0 saturated heterocycles. The van der Waals surface area contributed by atoms with Gasteiger partial charge in [0.05, 0.1) is 6.04 Å². The van der Waals surface area contributed by atoms with Gasteiger partial charge in [0.1, 0.15) is 5.82 Å². The van der Waals surface area contributed by atoms with Crippen molar-refractivity contribution in [3.8, 4) is 0 Å². The van der Waals surface area contributed by atoms with Crippen molar-refractivity contribution < 1.29 is 9.18 Å². The number of anilines is 1. The summed E-state index contributed by atoms with van der Waals surface area (Å²) in [4.78, 5) is 17.2. The maximum atomic E-state index is 13.0. The van der Waals surface area contributed by atoms with Gasteiger partial charge in [0.2, 0.25) is 0 Å². The number of hydrogen-bond donors (Lipinski definition) is 1. The Morgan fingerprint density at radius 3 is 2.71 bits per heavy atom. The second-order valence-electron chi connectivity index (χ2n) is 5.60. The maximum Gasteiger partial charge on any atom is 0.322 e.